The summed E-state index contributed by atoms with van der Waals surface area (Å²) in [7, 11) is 0. The Bertz CT molecular complexity index is 95.7. The Balaban J connectivity index is 3.39. The third kappa shape index (κ3) is 5.02. The van der Waals surface area contributed by atoms with E-state index in [4.69, 9.17) is 0 Å². The van der Waals surface area contributed by atoms with Gasteiger partial charge in [-0.3, -0.25) is 0 Å². The third-order valence-electron chi connectivity index (χ3n) is 0.915. The second-order valence-corrected chi connectivity index (χ2v) is 3.12. The van der Waals surface area contributed by atoms with E-state index >= 15 is 0 Å². The molecular weight excluding hydrogens is 164 g/mol. The summed E-state index contributed by atoms with van der Waals surface area (Å²) >= 11 is 3.34. The minimum Gasteiger partial charge on any atom is -0.309 e. The van der Waals surface area contributed by atoms with E-state index in [1.54, 1.807) is 23.9 Å². The van der Waals surface area contributed by atoms with Gasteiger partial charge in [-0.15, -0.1) is 0 Å². The smallest absolute Gasteiger partial charge is 0.0874 e. The van der Waals surface area contributed by atoms with Crippen LogP contribution in [0.2, 0.25) is 0 Å². The molecule has 0 aliphatic heterocycles. The summed E-state index contributed by atoms with van der Waals surface area (Å²) in [6, 6.07) is 0. The van der Waals surface area contributed by atoms with Crippen molar-refractivity contribution in [3.8, 4) is 0 Å². The molecule has 0 aliphatic carbocycles. The van der Waals surface area contributed by atoms with Crippen molar-refractivity contribution in [2.24, 2.45) is 0 Å². The van der Waals surface area contributed by atoms with E-state index in [1.807, 2.05) is 25.5 Å². The maximum atomic E-state index is 3.15. The lowest BCUT2D eigenvalue weighted by atomic mass is 10.7. The van der Waals surface area contributed by atoms with E-state index in [2.05, 4.69) is 15.3 Å². The second-order valence-electron chi connectivity index (χ2n) is 1.59. The summed E-state index contributed by atoms with van der Waals surface area (Å²) in [5, 5.41) is 0. The van der Waals surface area contributed by atoms with Gasteiger partial charge in [-0.1, -0.05) is 30.0 Å². The van der Waals surface area contributed by atoms with Gasteiger partial charge < -0.3 is 4.31 Å². The molecule has 0 spiro atoms. The van der Waals surface area contributed by atoms with Crippen molar-refractivity contribution < 1.29 is 0 Å². The molecule has 10 heavy (non-hydrogen) atoms. The Kier molecular flexibility index (Phi) is 7.45. The summed E-state index contributed by atoms with van der Waals surface area (Å²) in [5.41, 5.74) is 0. The molecule has 0 bridgehead atoms. The lowest BCUT2D eigenvalue weighted by Crippen LogP contribution is -2.19. The number of hydrogen-bond acceptors (Lipinski definition) is 4. The predicted octanol–water partition coefficient (Wildman–Crippen LogP) is 1.93. The van der Waals surface area contributed by atoms with Crippen LogP contribution in [0.4, 0.5) is 0 Å². The highest BCUT2D eigenvalue weighted by atomic mass is 32.2. The quantitative estimate of drug-likeness (QED) is 0.511. The summed E-state index contributed by atoms with van der Waals surface area (Å²) in [5.74, 6) is 0. The minimum absolute atomic E-state index is 0.882. The number of hydrogen-bond donors (Lipinski definition) is 1. The fourth-order valence-electron chi connectivity index (χ4n) is 0.473. The Morgan fingerprint density at radius 1 is 1.50 bits per heavy atom. The molecule has 0 atom stereocenters. The van der Waals surface area contributed by atoms with Crippen LogP contribution in [-0.4, -0.2) is 23.5 Å². The van der Waals surface area contributed by atoms with Crippen LogP contribution in [0.25, 0.3) is 0 Å². The van der Waals surface area contributed by atoms with Gasteiger partial charge in [0.05, 0.1) is 6.67 Å². The Morgan fingerprint density at radius 2 is 2.20 bits per heavy atom. The first-order chi connectivity index (χ1) is 4.85. The molecule has 4 heteroatoms. The lowest BCUT2D eigenvalue weighted by molar-refractivity contribution is 0.614. The number of nitrogens with one attached hydrogen (secondary N) is 1. The predicted molar refractivity (Wildman–Crippen MR) is 51.7 cm³/mol. The normalized spacial score (nSPS) is 10.7. The van der Waals surface area contributed by atoms with Crippen molar-refractivity contribution >= 4 is 23.9 Å². The van der Waals surface area contributed by atoms with Gasteiger partial charge in [0.1, 0.15) is 0 Å². The SMILES string of the molecule is CC=CN(CNSC)SC. The standard InChI is InChI=1S/C6H14N2S2/c1-4-5-8(10-3)6-7-9-2/h4-5,7H,6H2,1-3H3. The molecule has 0 rings (SSSR count). The van der Waals surface area contributed by atoms with E-state index in [1.165, 1.54) is 0 Å². The molecule has 2 nitrogen and oxygen atoms in total. The van der Waals surface area contributed by atoms with Crippen LogP contribution in [-0.2, 0) is 0 Å². The maximum Gasteiger partial charge on any atom is 0.0874 e. The van der Waals surface area contributed by atoms with E-state index in [9.17, 15) is 0 Å². The zero-order valence-electron chi connectivity index (χ0n) is 6.63. The Hall–Kier alpha value is 0.200. The highest BCUT2D eigenvalue weighted by Crippen LogP contribution is 2.03. The number of allylic oxidation sites excluding steroid dienone is 1. The molecule has 0 aromatic heterocycles. The molecule has 0 heterocycles. The van der Waals surface area contributed by atoms with Crippen molar-refractivity contribution in [3.63, 3.8) is 0 Å². The van der Waals surface area contributed by atoms with Gasteiger partial charge in [0, 0.05) is 12.5 Å². The van der Waals surface area contributed by atoms with Gasteiger partial charge in [-0.25, -0.2) is 4.72 Å². The number of rotatable bonds is 5. The Labute approximate surface area is 71.7 Å². The highest BCUT2D eigenvalue weighted by molar-refractivity contribution is 7.97. The van der Waals surface area contributed by atoms with Gasteiger partial charge in [-0.2, -0.15) is 0 Å². The zero-order valence-corrected chi connectivity index (χ0v) is 8.26. The van der Waals surface area contributed by atoms with E-state index in [0.717, 1.165) is 6.67 Å². The van der Waals surface area contributed by atoms with Crippen LogP contribution in [0.1, 0.15) is 6.92 Å². The van der Waals surface area contributed by atoms with Crippen molar-refractivity contribution in [3.05, 3.63) is 12.3 Å². The summed E-state index contributed by atoms with van der Waals surface area (Å²) in [6.45, 7) is 2.90. The average molecular weight is 178 g/mol. The van der Waals surface area contributed by atoms with Crippen LogP contribution < -0.4 is 4.72 Å². The van der Waals surface area contributed by atoms with Crippen LogP contribution in [0.5, 0.6) is 0 Å². The molecular formula is C6H14N2S2. The first kappa shape index (κ1) is 10.2. The van der Waals surface area contributed by atoms with Crippen molar-refractivity contribution in [2.75, 3.05) is 19.2 Å². The summed E-state index contributed by atoms with van der Waals surface area (Å²) < 4.78 is 5.28. The van der Waals surface area contributed by atoms with Crippen molar-refractivity contribution in [2.45, 2.75) is 6.92 Å². The fraction of sp³-hybridized carbons (Fsp3) is 0.667. The van der Waals surface area contributed by atoms with E-state index in [0.29, 0.717) is 0 Å². The summed E-state index contributed by atoms with van der Waals surface area (Å²) in [4.78, 5) is 0. The molecule has 0 saturated carbocycles. The molecule has 0 aliphatic rings. The van der Waals surface area contributed by atoms with Crippen LogP contribution in [0.15, 0.2) is 12.3 Å². The monoisotopic (exact) mass is 178 g/mol. The first-order valence-electron chi connectivity index (χ1n) is 3.04. The fourth-order valence-corrected chi connectivity index (χ4v) is 1.26. The van der Waals surface area contributed by atoms with Gasteiger partial charge in [0.2, 0.25) is 0 Å². The van der Waals surface area contributed by atoms with Crippen molar-refractivity contribution in [1.82, 2.24) is 9.03 Å². The zero-order chi connectivity index (χ0) is 7.82. The topological polar surface area (TPSA) is 15.3 Å². The molecule has 0 saturated heterocycles. The molecule has 0 amide bonds. The molecule has 0 radical (unpaired) electrons. The molecule has 0 aromatic carbocycles. The molecule has 0 fully saturated rings. The number of nitrogens with zero attached hydrogens (tertiary/aromatic N) is 1. The van der Waals surface area contributed by atoms with Crippen molar-refractivity contribution in [1.29, 1.82) is 0 Å². The van der Waals surface area contributed by atoms with E-state index in [-0.39, 0.29) is 0 Å². The van der Waals surface area contributed by atoms with Gasteiger partial charge in [0.15, 0.2) is 0 Å². The van der Waals surface area contributed by atoms with Crippen LogP contribution >= 0.6 is 23.9 Å². The lowest BCUT2D eigenvalue weighted by Gasteiger charge is -2.15. The second kappa shape index (κ2) is 7.31. The van der Waals surface area contributed by atoms with Gasteiger partial charge in [0.25, 0.3) is 0 Å². The van der Waals surface area contributed by atoms with Crippen LogP contribution in [0.3, 0.4) is 0 Å². The minimum atomic E-state index is 0.882. The molecule has 0 aromatic rings. The largest absolute Gasteiger partial charge is 0.309 e. The molecule has 60 valence electrons. The first-order valence-corrected chi connectivity index (χ1v) is 5.45. The van der Waals surface area contributed by atoms with Gasteiger partial charge in [-0.05, 0) is 13.2 Å². The molecule has 0 unspecified atom stereocenters. The van der Waals surface area contributed by atoms with Gasteiger partial charge >= 0.3 is 0 Å². The van der Waals surface area contributed by atoms with E-state index < -0.39 is 0 Å². The Morgan fingerprint density at radius 3 is 2.60 bits per heavy atom. The molecule has 1 N–H and O–H groups in total. The maximum absolute atomic E-state index is 3.15. The highest BCUT2D eigenvalue weighted by Gasteiger charge is 1.91. The summed E-state index contributed by atoms with van der Waals surface area (Å²) in [6.07, 6.45) is 8.16. The third-order valence-corrected chi connectivity index (χ3v) is 2.05. The van der Waals surface area contributed by atoms with Crippen LogP contribution in [0, 0.1) is 0 Å². The average Bonchev–Trinajstić information content (AvgIpc) is 1.98.